The quantitative estimate of drug-likeness (QED) is 0.234. The number of aromatic nitrogens is 1. The van der Waals surface area contributed by atoms with Crippen LogP contribution in [0, 0.1) is 0 Å². The van der Waals surface area contributed by atoms with Crippen molar-refractivity contribution in [2.45, 2.75) is 60.3 Å². The van der Waals surface area contributed by atoms with Crippen molar-refractivity contribution in [1.29, 1.82) is 0 Å². The molecule has 1 heterocycles. The van der Waals surface area contributed by atoms with E-state index >= 15 is 0 Å². The number of nitrogens with two attached hydrogens (primary N) is 1. The molecule has 2 aromatic carbocycles. The van der Waals surface area contributed by atoms with Crippen LogP contribution in [0.25, 0.3) is 10.9 Å². The number of hydrogen-bond donors (Lipinski definition) is 2. The summed E-state index contributed by atoms with van der Waals surface area (Å²) in [5.74, 6) is 1.54. The Morgan fingerprint density at radius 2 is 1.60 bits per heavy atom. The molecule has 0 bridgehead atoms. The summed E-state index contributed by atoms with van der Waals surface area (Å²) in [6.45, 7) is 10.6. The molecule has 3 rings (SSSR count). The van der Waals surface area contributed by atoms with Gasteiger partial charge in [0.1, 0.15) is 5.75 Å². The van der Waals surface area contributed by atoms with Crippen LogP contribution in [0.4, 0.5) is 5.69 Å². The number of quaternary nitrogens is 1. The maximum Gasteiger partial charge on any atom is 0.164 e. The average molecular weight is 543 g/mol. The summed E-state index contributed by atoms with van der Waals surface area (Å²) in [6.07, 6.45) is 7.11. The van der Waals surface area contributed by atoms with Crippen LogP contribution in [0.5, 0.6) is 11.5 Å². The van der Waals surface area contributed by atoms with Gasteiger partial charge >= 0.3 is 0 Å². The molecule has 0 atom stereocenters. The predicted molar refractivity (Wildman–Crippen MR) is 135 cm³/mol. The highest BCUT2D eigenvalue weighted by Crippen LogP contribution is 2.39. The van der Waals surface area contributed by atoms with Crippen LogP contribution in [0.2, 0.25) is 0 Å². The van der Waals surface area contributed by atoms with E-state index in [2.05, 4.69) is 69.9 Å². The van der Waals surface area contributed by atoms with E-state index in [9.17, 15) is 0 Å². The van der Waals surface area contributed by atoms with Crippen LogP contribution in [0.15, 0.2) is 45.5 Å². The Bertz CT molecular complexity index is 869. The zero-order valence-electron chi connectivity index (χ0n) is 18.9. The number of nitrogens with one attached hydrogen (secondary N) is 1. The third-order valence-corrected chi connectivity index (χ3v) is 5.50. The second kappa shape index (κ2) is 14.6. The summed E-state index contributed by atoms with van der Waals surface area (Å²) >= 11 is 7.12. The molecule has 4 nitrogen and oxygen atoms in total. The van der Waals surface area contributed by atoms with E-state index in [4.69, 9.17) is 9.57 Å². The van der Waals surface area contributed by atoms with Gasteiger partial charge in [-0.15, -0.1) is 0 Å². The Kier molecular flexibility index (Phi) is 13.0. The van der Waals surface area contributed by atoms with Crippen molar-refractivity contribution >= 4 is 48.5 Å². The number of hydrogen-bond acceptors (Lipinski definition) is 2. The largest absolute Gasteiger partial charge is 0.455 e. The highest BCUT2D eigenvalue weighted by Gasteiger charge is 2.13. The van der Waals surface area contributed by atoms with Crippen LogP contribution in [0.3, 0.4) is 0 Å². The van der Waals surface area contributed by atoms with Crippen molar-refractivity contribution in [3.8, 4) is 11.5 Å². The van der Waals surface area contributed by atoms with Gasteiger partial charge in [-0.05, 0) is 62.0 Å². The van der Waals surface area contributed by atoms with Crippen LogP contribution in [-0.2, 0) is 11.3 Å². The number of aryl methyl sites for hydroxylation is 1. The lowest BCUT2D eigenvalue weighted by atomic mass is 10.1. The normalized spacial score (nSPS) is 10.1. The molecular formula is C24H35Br2N2O2+. The molecule has 1 aromatic heterocycles. The van der Waals surface area contributed by atoms with E-state index in [1.807, 2.05) is 38.1 Å². The topological polar surface area (TPSA) is 50.9 Å². The molecule has 166 valence electrons. The number of unbranched alkanes of at least 4 members (excludes halogenated alkanes) is 2. The summed E-state index contributed by atoms with van der Waals surface area (Å²) in [5.41, 5.74) is 5.04. The number of fused-ring (bicyclic) bond motifs is 1. The molecule has 0 radical (unpaired) electrons. The predicted octanol–water partition coefficient (Wildman–Crippen LogP) is 8.03. The minimum Gasteiger partial charge on any atom is -0.455 e. The molecule has 0 aliphatic heterocycles. The van der Waals surface area contributed by atoms with E-state index in [1.165, 1.54) is 30.2 Å². The summed E-state index contributed by atoms with van der Waals surface area (Å²) < 4.78 is 7.81. The lowest BCUT2D eigenvalue weighted by molar-refractivity contribution is -0.830. The van der Waals surface area contributed by atoms with Crippen LogP contribution in [-0.4, -0.2) is 12.1 Å². The van der Waals surface area contributed by atoms with Gasteiger partial charge in [0, 0.05) is 29.2 Å². The fourth-order valence-corrected chi connectivity index (χ4v) is 4.25. The molecule has 0 aliphatic carbocycles. The Hall–Kier alpha value is -1.34. The van der Waals surface area contributed by atoms with Gasteiger partial charge in [-0.3, -0.25) is 0 Å². The Morgan fingerprint density at radius 3 is 2.10 bits per heavy atom. The molecule has 6 heteroatoms. The zero-order chi connectivity index (χ0) is 22.5. The summed E-state index contributed by atoms with van der Waals surface area (Å²) in [7, 11) is 1.63. The van der Waals surface area contributed by atoms with Crippen molar-refractivity contribution in [3.63, 3.8) is 0 Å². The fraction of sp³-hybridized carbons (Fsp3) is 0.417. The first-order valence-corrected chi connectivity index (χ1v) is 12.2. The monoisotopic (exact) mass is 541 g/mol. The molecule has 3 N–H and O–H groups in total. The Balaban J connectivity index is 0.000000565. The molecule has 3 aromatic rings. The Morgan fingerprint density at radius 1 is 0.967 bits per heavy atom. The first-order chi connectivity index (χ1) is 14.5. The minimum absolute atomic E-state index is 0.742. The molecular weight excluding hydrogens is 508 g/mol. The van der Waals surface area contributed by atoms with Crippen molar-refractivity contribution in [2.75, 3.05) is 7.11 Å². The SMILES string of the molecule is CC.CCCCC.CCc1c[nH]c2ccc(Oc3c(Br)cc([NH2+]OC)cc3Br)cc12. The van der Waals surface area contributed by atoms with E-state index in [0.717, 1.165) is 38.1 Å². The van der Waals surface area contributed by atoms with Gasteiger partial charge < -0.3 is 9.72 Å². The minimum atomic E-state index is 0.742. The average Bonchev–Trinajstić information content (AvgIpc) is 3.16. The van der Waals surface area contributed by atoms with E-state index in [0.29, 0.717) is 0 Å². The highest BCUT2D eigenvalue weighted by molar-refractivity contribution is 9.11. The second-order valence-corrected chi connectivity index (χ2v) is 8.21. The molecule has 0 unspecified atom stereocenters. The smallest absolute Gasteiger partial charge is 0.164 e. The van der Waals surface area contributed by atoms with Crippen molar-refractivity contribution < 1.29 is 15.1 Å². The molecule has 0 saturated heterocycles. The van der Waals surface area contributed by atoms with Gasteiger partial charge in [0.25, 0.3) is 0 Å². The fourth-order valence-electron chi connectivity index (χ4n) is 2.87. The first-order valence-electron chi connectivity index (χ1n) is 10.7. The maximum atomic E-state index is 6.09. The van der Waals surface area contributed by atoms with Crippen LogP contribution in [0.1, 0.15) is 59.4 Å². The van der Waals surface area contributed by atoms with E-state index in [-0.39, 0.29) is 0 Å². The number of rotatable bonds is 7. The van der Waals surface area contributed by atoms with Gasteiger partial charge in [-0.2, -0.15) is 5.48 Å². The van der Waals surface area contributed by atoms with E-state index in [1.54, 1.807) is 12.6 Å². The molecule has 0 spiro atoms. The Labute approximate surface area is 198 Å². The number of aromatic amines is 1. The molecule has 0 saturated carbocycles. The van der Waals surface area contributed by atoms with Gasteiger partial charge in [0.2, 0.25) is 0 Å². The van der Waals surface area contributed by atoms with Crippen molar-refractivity contribution in [1.82, 2.24) is 4.98 Å². The molecule has 0 fully saturated rings. The number of benzene rings is 2. The third-order valence-electron chi connectivity index (χ3n) is 4.32. The highest BCUT2D eigenvalue weighted by atomic mass is 79.9. The lowest BCUT2D eigenvalue weighted by Gasteiger charge is -2.11. The number of H-pyrrole nitrogens is 1. The van der Waals surface area contributed by atoms with Crippen molar-refractivity contribution in [2.24, 2.45) is 0 Å². The standard InChI is InChI=1S/C17H16Br2N2O2.C5H12.C2H6/c1-3-10-9-20-16-5-4-12(8-13(10)16)23-17-14(18)6-11(21-22-2)7-15(17)19;1-3-5-4-2;1-2/h4-9,20-21H,3H2,1-2H3;3-5H2,1-2H3;1-2H3/p+1. The van der Waals surface area contributed by atoms with Gasteiger partial charge in [0.05, 0.1) is 16.1 Å². The first kappa shape index (κ1) is 26.7. The lowest BCUT2D eigenvalue weighted by Crippen LogP contribution is -2.75. The third kappa shape index (κ3) is 7.73. The van der Waals surface area contributed by atoms with E-state index < -0.39 is 0 Å². The van der Waals surface area contributed by atoms with Gasteiger partial charge in [-0.25, -0.2) is 4.84 Å². The van der Waals surface area contributed by atoms with Crippen molar-refractivity contribution in [3.05, 3.63) is 51.0 Å². The summed E-state index contributed by atoms with van der Waals surface area (Å²) in [6, 6.07) is 9.98. The molecule has 0 amide bonds. The van der Waals surface area contributed by atoms with Crippen LogP contribution < -0.4 is 10.2 Å². The van der Waals surface area contributed by atoms with Crippen LogP contribution >= 0.6 is 31.9 Å². The maximum absolute atomic E-state index is 6.09. The summed E-state index contributed by atoms with van der Waals surface area (Å²) in [5, 5.41) is 1.20. The molecule has 30 heavy (non-hydrogen) atoms. The number of halogens is 2. The second-order valence-electron chi connectivity index (χ2n) is 6.50. The summed E-state index contributed by atoms with van der Waals surface area (Å²) in [4.78, 5) is 8.33. The van der Waals surface area contributed by atoms with Gasteiger partial charge in [-0.1, -0.05) is 53.9 Å². The number of ether oxygens (including phenoxy) is 1. The molecule has 0 aliphatic rings. The zero-order valence-corrected chi connectivity index (χ0v) is 22.1. The van der Waals surface area contributed by atoms with Gasteiger partial charge in [0.15, 0.2) is 11.4 Å².